The van der Waals surface area contributed by atoms with Crippen LogP contribution in [0.25, 0.3) is 22.1 Å². The fraction of sp³-hybridized carbons (Fsp3) is 0.0625. The van der Waals surface area contributed by atoms with Gasteiger partial charge < -0.3 is 9.52 Å². The van der Waals surface area contributed by atoms with E-state index in [9.17, 15) is 9.90 Å². The number of hydrogen-bond acceptors (Lipinski definition) is 3. The zero-order chi connectivity index (χ0) is 14.3. The second kappa shape index (κ2) is 4.69. The van der Waals surface area contributed by atoms with Gasteiger partial charge in [0.1, 0.15) is 17.6 Å². The fourth-order valence-corrected chi connectivity index (χ4v) is 2.36. The van der Waals surface area contributed by atoms with Crippen molar-refractivity contribution in [2.45, 2.75) is 6.92 Å². The minimum atomic E-state index is -0.164. The van der Waals surface area contributed by atoms with Crippen LogP contribution in [0.5, 0.6) is 5.75 Å². The molecular formula is C16H11ClO3. The summed E-state index contributed by atoms with van der Waals surface area (Å²) in [4.78, 5) is 12.5. The van der Waals surface area contributed by atoms with E-state index in [1.54, 1.807) is 0 Å². The number of halogens is 1. The van der Waals surface area contributed by atoms with Crippen molar-refractivity contribution in [1.82, 2.24) is 0 Å². The molecule has 3 nitrogen and oxygen atoms in total. The lowest BCUT2D eigenvalue weighted by atomic mass is 10.0. The van der Waals surface area contributed by atoms with Gasteiger partial charge in [0.25, 0.3) is 0 Å². The third-order valence-electron chi connectivity index (χ3n) is 3.28. The Balaban J connectivity index is 2.35. The number of rotatable bonds is 1. The number of benzene rings is 2. The van der Waals surface area contributed by atoms with Crippen molar-refractivity contribution in [2.75, 3.05) is 0 Å². The lowest BCUT2D eigenvalue weighted by molar-refractivity contribution is 0.474. The van der Waals surface area contributed by atoms with Gasteiger partial charge in [-0.25, -0.2) is 0 Å². The maximum atomic E-state index is 12.5. The topological polar surface area (TPSA) is 50.4 Å². The summed E-state index contributed by atoms with van der Waals surface area (Å²) < 4.78 is 5.45. The Morgan fingerprint density at radius 3 is 2.65 bits per heavy atom. The summed E-state index contributed by atoms with van der Waals surface area (Å²) in [5.74, 6) is -0.106. The molecule has 0 saturated heterocycles. The van der Waals surface area contributed by atoms with E-state index in [0.717, 1.165) is 11.1 Å². The lowest BCUT2D eigenvalue weighted by Gasteiger charge is -2.06. The number of aryl methyl sites for hydroxylation is 1. The highest BCUT2D eigenvalue weighted by Crippen LogP contribution is 2.29. The molecule has 3 aromatic rings. The standard InChI is InChI=1S/C16H11ClO3/c1-9-4-2-3-5-10(9)12-8-20-15-7-14(18)13(17)6-11(15)16(12)19/h2-8,18H,1H3. The quantitative estimate of drug-likeness (QED) is 0.732. The lowest BCUT2D eigenvalue weighted by Crippen LogP contribution is -2.05. The summed E-state index contributed by atoms with van der Waals surface area (Å²) in [5.41, 5.74) is 2.45. The van der Waals surface area contributed by atoms with Crippen LogP contribution in [0.1, 0.15) is 5.56 Å². The number of hydrogen-bond donors (Lipinski definition) is 1. The Kier molecular flexibility index (Phi) is 2.99. The van der Waals surface area contributed by atoms with Crippen molar-refractivity contribution in [2.24, 2.45) is 0 Å². The Morgan fingerprint density at radius 1 is 1.15 bits per heavy atom. The van der Waals surface area contributed by atoms with Crippen molar-refractivity contribution in [1.29, 1.82) is 0 Å². The summed E-state index contributed by atoms with van der Waals surface area (Å²) in [6.45, 7) is 1.93. The smallest absolute Gasteiger partial charge is 0.200 e. The first kappa shape index (κ1) is 12.8. The monoisotopic (exact) mass is 286 g/mol. The van der Waals surface area contributed by atoms with E-state index in [1.807, 2.05) is 31.2 Å². The molecule has 0 amide bonds. The summed E-state index contributed by atoms with van der Waals surface area (Å²) in [7, 11) is 0. The minimum absolute atomic E-state index is 0.106. The third-order valence-corrected chi connectivity index (χ3v) is 3.58. The molecule has 0 aliphatic carbocycles. The van der Waals surface area contributed by atoms with E-state index in [1.165, 1.54) is 18.4 Å². The SMILES string of the molecule is Cc1ccccc1-c1coc2cc(O)c(Cl)cc2c1=O. The zero-order valence-electron chi connectivity index (χ0n) is 10.7. The molecule has 0 fully saturated rings. The van der Waals surface area contributed by atoms with E-state index in [4.69, 9.17) is 16.0 Å². The predicted octanol–water partition coefficient (Wildman–Crippen LogP) is 4.13. The number of aromatic hydroxyl groups is 1. The third kappa shape index (κ3) is 1.96. The van der Waals surface area contributed by atoms with Crippen molar-refractivity contribution < 1.29 is 9.52 Å². The Hall–Kier alpha value is -2.26. The summed E-state index contributed by atoms with van der Waals surface area (Å²) in [5, 5.41) is 10.0. The molecule has 20 heavy (non-hydrogen) atoms. The first-order chi connectivity index (χ1) is 9.58. The van der Waals surface area contributed by atoms with Crippen LogP contribution in [-0.4, -0.2) is 5.11 Å². The molecule has 0 aliphatic rings. The van der Waals surface area contributed by atoms with Gasteiger partial charge in [0.05, 0.1) is 16.0 Å². The van der Waals surface area contributed by atoms with E-state index in [-0.39, 0.29) is 16.2 Å². The minimum Gasteiger partial charge on any atom is -0.506 e. The molecule has 0 radical (unpaired) electrons. The molecule has 3 rings (SSSR count). The van der Waals surface area contributed by atoms with Gasteiger partial charge in [-0.15, -0.1) is 0 Å². The first-order valence-electron chi connectivity index (χ1n) is 6.08. The van der Waals surface area contributed by atoms with Crippen LogP contribution in [0.2, 0.25) is 5.02 Å². The van der Waals surface area contributed by atoms with Crippen LogP contribution < -0.4 is 5.43 Å². The van der Waals surface area contributed by atoms with Gasteiger partial charge in [-0.3, -0.25) is 4.79 Å². The van der Waals surface area contributed by atoms with Gasteiger partial charge in [-0.2, -0.15) is 0 Å². The Bertz CT molecular complexity index is 865. The van der Waals surface area contributed by atoms with Gasteiger partial charge in [-0.05, 0) is 24.1 Å². The van der Waals surface area contributed by atoms with Gasteiger partial charge in [0.2, 0.25) is 5.43 Å². The number of phenolic OH excluding ortho intramolecular Hbond substituents is 1. The molecule has 0 saturated carbocycles. The molecule has 0 aliphatic heterocycles. The zero-order valence-corrected chi connectivity index (χ0v) is 11.4. The largest absolute Gasteiger partial charge is 0.506 e. The summed E-state index contributed by atoms with van der Waals surface area (Å²) in [6, 6.07) is 10.4. The van der Waals surface area contributed by atoms with E-state index in [0.29, 0.717) is 16.5 Å². The van der Waals surface area contributed by atoms with Crippen molar-refractivity contribution in [3.05, 3.63) is 63.5 Å². The van der Waals surface area contributed by atoms with Crippen molar-refractivity contribution in [3.8, 4) is 16.9 Å². The molecule has 2 aromatic carbocycles. The molecule has 0 unspecified atom stereocenters. The highest BCUT2D eigenvalue weighted by atomic mass is 35.5. The van der Waals surface area contributed by atoms with Crippen LogP contribution in [0.4, 0.5) is 0 Å². The second-order valence-electron chi connectivity index (χ2n) is 4.59. The molecule has 0 bridgehead atoms. The van der Waals surface area contributed by atoms with Crippen LogP contribution in [0.3, 0.4) is 0 Å². The normalized spacial score (nSPS) is 10.9. The molecule has 100 valence electrons. The van der Waals surface area contributed by atoms with Gasteiger partial charge in [-0.1, -0.05) is 35.9 Å². The predicted molar refractivity (Wildman–Crippen MR) is 79.3 cm³/mol. The highest BCUT2D eigenvalue weighted by Gasteiger charge is 2.12. The van der Waals surface area contributed by atoms with Crippen LogP contribution >= 0.6 is 11.6 Å². The van der Waals surface area contributed by atoms with Crippen molar-refractivity contribution in [3.63, 3.8) is 0 Å². The number of fused-ring (bicyclic) bond motifs is 1. The molecule has 0 atom stereocenters. The maximum Gasteiger partial charge on any atom is 0.200 e. The first-order valence-corrected chi connectivity index (χ1v) is 6.46. The summed E-state index contributed by atoms with van der Waals surface area (Å²) in [6.07, 6.45) is 1.42. The molecule has 1 N–H and O–H groups in total. The van der Waals surface area contributed by atoms with Crippen LogP contribution in [0, 0.1) is 6.92 Å². The van der Waals surface area contributed by atoms with Gasteiger partial charge in [0, 0.05) is 6.07 Å². The second-order valence-corrected chi connectivity index (χ2v) is 5.00. The molecule has 1 heterocycles. The number of phenols is 1. The maximum absolute atomic E-state index is 12.5. The van der Waals surface area contributed by atoms with E-state index < -0.39 is 0 Å². The Morgan fingerprint density at radius 2 is 1.90 bits per heavy atom. The molecule has 4 heteroatoms. The molecular weight excluding hydrogens is 276 g/mol. The summed E-state index contributed by atoms with van der Waals surface area (Å²) >= 11 is 5.86. The van der Waals surface area contributed by atoms with Gasteiger partial charge >= 0.3 is 0 Å². The fourth-order valence-electron chi connectivity index (χ4n) is 2.20. The van der Waals surface area contributed by atoms with Crippen molar-refractivity contribution >= 4 is 22.6 Å². The Labute approximate surface area is 120 Å². The van der Waals surface area contributed by atoms with Gasteiger partial charge in [0.15, 0.2) is 0 Å². The van der Waals surface area contributed by atoms with E-state index in [2.05, 4.69) is 0 Å². The average Bonchev–Trinajstić information content (AvgIpc) is 2.43. The van der Waals surface area contributed by atoms with Crippen LogP contribution in [-0.2, 0) is 0 Å². The highest BCUT2D eigenvalue weighted by molar-refractivity contribution is 6.32. The van der Waals surface area contributed by atoms with Crippen LogP contribution in [0.15, 0.2) is 51.9 Å². The molecule has 0 spiro atoms. The van der Waals surface area contributed by atoms with E-state index >= 15 is 0 Å². The average molecular weight is 287 g/mol. The molecule has 1 aromatic heterocycles.